The highest BCUT2D eigenvalue weighted by atomic mass is 32.1. The second-order valence-corrected chi connectivity index (χ2v) is 8.56. The third kappa shape index (κ3) is 3.27. The molecule has 0 radical (unpaired) electrons. The number of hydrogen-bond acceptors (Lipinski definition) is 5. The monoisotopic (exact) mass is 444 g/mol. The van der Waals surface area contributed by atoms with Gasteiger partial charge in [-0.05, 0) is 36.8 Å². The molecule has 7 heteroatoms. The van der Waals surface area contributed by atoms with Crippen LogP contribution in [0.3, 0.4) is 0 Å². The first-order chi connectivity index (χ1) is 15.4. The van der Waals surface area contributed by atoms with Crippen LogP contribution in [0.25, 0.3) is 16.0 Å². The number of anilines is 1. The Hall–Kier alpha value is -3.84. The number of benzene rings is 3. The predicted octanol–water partition coefficient (Wildman–Crippen LogP) is 5.37. The molecule has 2 heterocycles. The summed E-state index contributed by atoms with van der Waals surface area (Å²) in [6, 6.07) is 19.0. The average Bonchev–Trinajstić information content (AvgIpc) is 3.33. The van der Waals surface area contributed by atoms with Crippen molar-refractivity contribution in [2.75, 3.05) is 4.90 Å². The molecule has 1 aromatic heterocycles. The molecule has 3 aromatic carbocycles. The maximum absolute atomic E-state index is 13.6. The fourth-order valence-electron chi connectivity index (χ4n) is 3.82. The van der Waals surface area contributed by atoms with Gasteiger partial charge in [-0.2, -0.15) is 0 Å². The van der Waals surface area contributed by atoms with E-state index < -0.39 is 23.5 Å². The van der Waals surface area contributed by atoms with Gasteiger partial charge in [0.05, 0.1) is 21.8 Å². The first-order valence-electron chi connectivity index (χ1n) is 9.93. The average molecular weight is 444 g/mol. The van der Waals surface area contributed by atoms with E-state index in [1.54, 1.807) is 12.1 Å². The highest BCUT2D eigenvalue weighted by molar-refractivity contribution is 7.22. The van der Waals surface area contributed by atoms with Crippen LogP contribution in [0.1, 0.15) is 22.7 Å². The van der Waals surface area contributed by atoms with Gasteiger partial charge in [0.2, 0.25) is 0 Å². The molecule has 0 aliphatic carbocycles. The lowest BCUT2D eigenvalue weighted by atomic mass is 9.95. The van der Waals surface area contributed by atoms with E-state index in [-0.39, 0.29) is 11.3 Å². The summed E-state index contributed by atoms with van der Waals surface area (Å²) in [4.78, 5) is 32.1. The first kappa shape index (κ1) is 20.1. The van der Waals surface area contributed by atoms with Crippen LogP contribution in [0, 0.1) is 12.7 Å². The van der Waals surface area contributed by atoms with Gasteiger partial charge < -0.3 is 5.11 Å². The normalized spacial score (nSPS) is 17.9. The third-order valence-electron chi connectivity index (χ3n) is 5.44. The van der Waals surface area contributed by atoms with E-state index in [2.05, 4.69) is 4.98 Å². The number of aryl methyl sites for hydroxylation is 1. The number of aliphatic hydroxyl groups excluding tert-OH is 1. The van der Waals surface area contributed by atoms with Gasteiger partial charge in [0.25, 0.3) is 5.78 Å². The summed E-state index contributed by atoms with van der Waals surface area (Å²) in [5.41, 5.74) is 2.56. The van der Waals surface area contributed by atoms with Crippen molar-refractivity contribution in [3.8, 4) is 0 Å². The zero-order valence-corrected chi connectivity index (χ0v) is 17.8. The summed E-state index contributed by atoms with van der Waals surface area (Å²) in [5, 5.41) is 11.4. The fraction of sp³-hybridized carbons (Fsp3) is 0.0800. The molecule has 4 aromatic rings. The number of thiazole rings is 1. The van der Waals surface area contributed by atoms with E-state index in [0.717, 1.165) is 10.3 Å². The van der Waals surface area contributed by atoms with Crippen LogP contribution in [0.15, 0.2) is 78.4 Å². The molecular formula is C25H17FN2O3S. The lowest BCUT2D eigenvalue weighted by Crippen LogP contribution is -2.29. The first-order valence-corrected chi connectivity index (χ1v) is 10.7. The van der Waals surface area contributed by atoms with Gasteiger partial charge in [0.1, 0.15) is 11.6 Å². The van der Waals surface area contributed by atoms with Gasteiger partial charge in [-0.1, -0.05) is 65.4 Å². The zero-order valence-electron chi connectivity index (χ0n) is 16.9. The standard InChI is InChI=1S/C25H17FN2O3S/c1-14-6-8-16(9-7-14)22(29)20-21(15-10-12-17(26)13-11-15)28(24(31)23(20)30)25-27-18-4-2-3-5-19(18)32-25/h2-13,21,29H,1H3/t21-/m0/s1. The van der Waals surface area contributed by atoms with Crippen molar-refractivity contribution in [1.82, 2.24) is 4.98 Å². The zero-order chi connectivity index (χ0) is 22.4. The van der Waals surface area contributed by atoms with Gasteiger partial charge in [0.15, 0.2) is 5.13 Å². The van der Waals surface area contributed by atoms with Gasteiger partial charge in [-0.3, -0.25) is 14.5 Å². The van der Waals surface area contributed by atoms with E-state index in [9.17, 15) is 19.1 Å². The Kier molecular flexibility index (Phi) is 4.83. The highest BCUT2D eigenvalue weighted by Gasteiger charge is 2.48. The van der Waals surface area contributed by atoms with E-state index in [1.165, 1.54) is 40.5 Å². The third-order valence-corrected chi connectivity index (χ3v) is 6.48. The van der Waals surface area contributed by atoms with E-state index in [0.29, 0.717) is 21.8 Å². The van der Waals surface area contributed by atoms with Gasteiger partial charge in [-0.25, -0.2) is 9.37 Å². The number of hydrogen-bond donors (Lipinski definition) is 1. The molecule has 5 nitrogen and oxygen atoms in total. The van der Waals surface area contributed by atoms with E-state index in [4.69, 9.17) is 0 Å². The summed E-state index contributed by atoms with van der Waals surface area (Å²) >= 11 is 1.28. The van der Waals surface area contributed by atoms with Crippen molar-refractivity contribution < 1.29 is 19.1 Å². The van der Waals surface area contributed by atoms with Crippen LogP contribution in [0.5, 0.6) is 0 Å². The van der Waals surface area contributed by atoms with Gasteiger partial charge >= 0.3 is 5.91 Å². The maximum atomic E-state index is 13.6. The quantitative estimate of drug-likeness (QED) is 0.262. The van der Waals surface area contributed by atoms with Gasteiger partial charge in [-0.15, -0.1) is 0 Å². The minimum absolute atomic E-state index is 0.0512. The topological polar surface area (TPSA) is 70.5 Å². The molecule has 5 rings (SSSR count). The van der Waals surface area contributed by atoms with Gasteiger partial charge in [0, 0.05) is 5.56 Å². The maximum Gasteiger partial charge on any atom is 0.301 e. The van der Waals surface area contributed by atoms with Crippen molar-refractivity contribution in [2.45, 2.75) is 13.0 Å². The Bertz CT molecular complexity index is 1360. The number of Topliss-reactive ketones (excluding diaryl/α,β-unsaturated/α-hetero) is 1. The number of fused-ring (bicyclic) bond motifs is 1. The molecule has 0 spiro atoms. The summed E-state index contributed by atoms with van der Waals surface area (Å²) in [6.45, 7) is 1.91. The van der Waals surface area contributed by atoms with Crippen LogP contribution < -0.4 is 4.90 Å². The minimum atomic E-state index is -0.933. The molecule has 1 aliphatic heterocycles. The minimum Gasteiger partial charge on any atom is -0.507 e. The van der Waals surface area contributed by atoms with Crippen LogP contribution >= 0.6 is 11.3 Å². The van der Waals surface area contributed by atoms with Crippen LogP contribution in [0.4, 0.5) is 9.52 Å². The van der Waals surface area contributed by atoms with Crippen molar-refractivity contribution in [1.29, 1.82) is 0 Å². The second-order valence-electron chi connectivity index (χ2n) is 7.55. The Morgan fingerprint density at radius 3 is 2.38 bits per heavy atom. The van der Waals surface area contributed by atoms with Crippen LogP contribution in [0.2, 0.25) is 0 Å². The molecule has 1 atom stereocenters. The van der Waals surface area contributed by atoms with Crippen molar-refractivity contribution in [3.63, 3.8) is 0 Å². The number of aliphatic hydroxyl groups is 1. The molecule has 1 saturated heterocycles. The number of halogens is 1. The predicted molar refractivity (Wildman–Crippen MR) is 122 cm³/mol. The number of para-hydroxylation sites is 1. The van der Waals surface area contributed by atoms with Crippen LogP contribution in [-0.4, -0.2) is 21.8 Å². The Morgan fingerprint density at radius 1 is 1.00 bits per heavy atom. The number of carbonyl (C=O) groups excluding carboxylic acids is 2. The summed E-state index contributed by atoms with van der Waals surface area (Å²) < 4.78 is 14.5. The Morgan fingerprint density at radius 2 is 1.69 bits per heavy atom. The van der Waals surface area contributed by atoms with E-state index in [1.807, 2.05) is 43.3 Å². The molecule has 32 heavy (non-hydrogen) atoms. The molecule has 1 fully saturated rings. The molecular weight excluding hydrogens is 427 g/mol. The molecule has 158 valence electrons. The summed E-state index contributed by atoms with van der Waals surface area (Å²) in [7, 11) is 0. The Balaban J connectivity index is 1.73. The van der Waals surface area contributed by atoms with Crippen LogP contribution in [-0.2, 0) is 9.59 Å². The number of aromatic nitrogens is 1. The highest BCUT2D eigenvalue weighted by Crippen LogP contribution is 2.44. The van der Waals surface area contributed by atoms with Crippen molar-refractivity contribution >= 4 is 44.1 Å². The summed E-state index contributed by atoms with van der Waals surface area (Å²) in [5.74, 6) is -2.31. The Labute approximate surface area is 187 Å². The molecule has 0 unspecified atom stereocenters. The number of nitrogens with zero attached hydrogens (tertiary/aromatic N) is 2. The number of ketones is 1. The number of rotatable bonds is 3. The molecule has 0 bridgehead atoms. The molecule has 1 aliphatic rings. The molecule has 1 amide bonds. The lowest BCUT2D eigenvalue weighted by Gasteiger charge is -2.23. The second kappa shape index (κ2) is 7.69. The number of amides is 1. The lowest BCUT2D eigenvalue weighted by molar-refractivity contribution is -0.132. The van der Waals surface area contributed by atoms with Crippen molar-refractivity contribution in [2.24, 2.45) is 0 Å². The summed E-state index contributed by atoms with van der Waals surface area (Å²) in [6.07, 6.45) is 0. The SMILES string of the molecule is Cc1ccc(C(O)=C2C(=O)C(=O)N(c3nc4ccccc4s3)[C@H]2c2ccc(F)cc2)cc1. The largest absolute Gasteiger partial charge is 0.507 e. The number of carbonyl (C=O) groups is 2. The van der Waals surface area contributed by atoms with Crippen molar-refractivity contribution in [3.05, 3.63) is 101 Å². The van der Waals surface area contributed by atoms with E-state index >= 15 is 0 Å². The fourth-order valence-corrected chi connectivity index (χ4v) is 4.81. The smallest absolute Gasteiger partial charge is 0.301 e. The molecule has 0 saturated carbocycles. The molecule has 1 N–H and O–H groups in total.